The van der Waals surface area contributed by atoms with E-state index in [1.165, 1.54) is 36.8 Å². The molecule has 3 heteroatoms. The predicted molar refractivity (Wildman–Crippen MR) is 136 cm³/mol. The molecule has 1 atom stereocenters. The lowest BCUT2D eigenvalue weighted by Crippen LogP contribution is -2.08. The van der Waals surface area contributed by atoms with Crippen LogP contribution in [0.25, 0.3) is 11.1 Å². The van der Waals surface area contributed by atoms with Crippen molar-refractivity contribution in [3.05, 3.63) is 89.5 Å². The minimum absolute atomic E-state index is 0.0914. The van der Waals surface area contributed by atoms with Gasteiger partial charge in [0, 0.05) is 6.61 Å². The monoisotopic (exact) mass is 444 g/mol. The molecule has 33 heavy (non-hydrogen) atoms. The van der Waals surface area contributed by atoms with Crippen molar-refractivity contribution in [3.8, 4) is 16.9 Å². The fraction of sp³-hybridized carbons (Fsp3) is 0.367. The van der Waals surface area contributed by atoms with Gasteiger partial charge in [0.25, 0.3) is 0 Å². The fourth-order valence-corrected chi connectivity index (χ4v) is 3.72. The first-order chi connectivity index (χ1) is 16.1. The molecule has 0 radical (unpaired) electrons. The molecule has 3 aromatic carbocycles. The van der Waals surface area contributed by atoms with Crippen LogP contribution in [0.1, 0.15) is 80.5 Å². The van der Waals surface area contributed by atoms with Gasteiger partial charge in [0.1, 0.15) is 5.75 Å². The van der Waals surface area contributed by atoms with E-state index in [0.717, 1.165) is 30.6 Å². The molecule has 0 N–H and O–H groups in total. The summed E-state index contributed by atoms with van der Waals surface area (Å²) >= 11 is 0. The Morgan fingerprint density at radius 2 is 1.36 bits per heavy atom. The number of unbranched alkanes of at least 4 members (excludes halogenated alkanes) is 3. The standard InChI is InChI=1S/C30H36O3/c1-4-6-8-22-32-23(3)25-12-14-26(15-13-25)27-16-18-28(19-17-27)30(31)33-29-20-10-24(11-21-29)9-7-5-2/h10-21,23H,4-9,22H2,1-3H3. The summed E-state index contributed by atoms with van der Waals surface area (Å²) in [5, 5.41) is 0. The van der Waals surface area contributed by atoms with E-state index in [0.29, 0.717) is 11.3 Å². The Morgan fingerprint density at radius 3 is 1.97 bits per heavy atom. The Kier molecular flexibility index (Phi) is 9.71. The van der Waals surface area contributed by atoms with Gasteiger partial charge in [-0.2, -0.15) is 0 Å². The molecular weight excluding hydrogens is 408 g/mol. The maximum absolute atomic E-state index is 12.5. The van der Waals surface area contributed by atoms with Crippen molar-refractivity contribution in [1.29, 1.82) is 0 Å². The van der Waals surface area contributed by atoms with Crippen LogP contribution < -0.4 is 4.74 Å². The molecule has 0 aliphatic carbocycles. The van der Waals surface area contributed by atoms with Crippen LogP contribution in [-0.2, 0) is 11.2 Å². The quantitative estimate of drug-likeness (QED) is 0.160. The van der Waals surface area contributed by atoms with E-state index >= 15 is 0 Å². The van der Waals surface area contributed by atoms with Gasteiger partial charge in [-0.25, -0.2) is 4.79 Å². The maximum Gasteiger partial charge on any atom is 0.343 e. The van der Waals surface area contributed by atoms with Crippen LogP contribution >= 0.6 is 0 Å². The summed E-state index contributed by atoms with van der Waals surface area (Å²) < 4.78 is 11.5. The number of carbonyl (C=O) groups excluding carboxylic acids is 1. The summed E-state index contributed by atoms with van der Waals surface area (Å²) in [6, 6.07) is 23.8. The molecule has 0 aliphatic rings. The first kappa shape index (κ1) is 24.7. The van der Waals surface area contributed by atoms with E-state index in [9.17, 15) is 4.79 Å². The minimum atomic E-state index is -0.341. The van der Waals surface area contributed by atoms with Gasteiger partial charge in [-0.15, -0.1) is 0 Å². The summed E-state index contributed by atoms with van der Waals surface area (Å²) in [5.74, 6) is 0.234. The van der Waals surface area contributed by atoms with E-state index in [1.807, 2.05) is 48.5 Å². The van der Waals surface area contributed by atoms with Crippen molar-refractivity contribution in [2.24, 2.45) is 0 Å². The van der Waals surface area contributed by atoms with Crippen molar-refractivity contribution in [1.82, 2.24) is 0 Å². The van der Waals surface area contributed by atoms with Crippen molar-refractivity contribution in [2.45, 2.75) is 65.4 Å². The predicted octanol–water partition coefficient (Wildman–Crippen LogP) is 8.18. The van der Waals surface area contributed by atoms with Gasteiger partial charge in [0.05, 0.1) is 11.7 Å². The molecule has 3 rings (SSSR count). The Balaban J connectivity index is 1.56. The molecular formula is C30H36O3. The van der Waals surface area contributed by atoms with Crippen molar-refractivity contribution in [3.63, 3.8) is 0 Å². The van der Waals surface area contributed by atoms with Crippen molar-refractivity contribution in [2.75, 3.05) is 6.61 Å². The van der Waals surface area contributed by atoms with E-state index < -0.39 is 0 Å². The lowest BCUT2D eigenvalue weighted by molar-refractivity contribution is 0.0630. The highest BCUT2D eigenvalue weighted by molar-refractivity contribution is 5.91. The van der Waals surface area contributed by atoms with Crippen LogP contribution in [0.2, 0.25) is 0 Å². The van der Waals surface area contributed by atoms with Crippen LogP contribution in [0.4, 0.5) is 0 Å². The lowest BCUT2D eigenvalue weighted by atomic mass is 10.0. The van der Waals surface area contributed by atoms with Gasteiger partial charge < -0.3 is 9.47 Å². The third kappa shape index (κ3) is 7.57. The smallest absolute Gasteiger partial charge is 0.343 e. The van der Waals surface area contributed by atoms with Crippen LogP contribution in [0.15, 0.2) is 72.8 Å². The Morgan fingerprint density at radius 1 is 0.758 bits per heavy atom. The average Bonchev–Trinajstić information content (AvgIpc) is 2.86. The Bertz CT molecular complexity index is 973. The number of carbonyl (C=O) groups is 1. The second-order valence-corrected chi connectivity index (χ2v) is 8.56. The fourth-order valence-electron chi connectivity index (χ4n) is 3.72. The Labute approximate surface area is 198 Å². The van der Waals surface area contributed by atoms with Gasteiger partial charge >= 0.3 is 5.97 Å². The van der Waals surface area contributed by atoms with Crippen molar-refractivity contribution >= 4 is 5.97 Å². The highest BCUT2D eigenvalue weighted by Crippen LogP contribution is 2.24. The number of hydrogen-bond donors (Lipinski definition) is 0. The van der Waals surface area contributed by atoms with E-state index in [1.54, 1.807) is 0 Å². The van der Waals surface area contributed by atoms with Gasteiger partial charge in [-0.3, -0.25) is 0 Å². The molecule has 0 spiro atoms. The Hall–Kier alpha value is -2.91. The normalized spacial score (nSPS) is 11.8. The molecule has 0 fully saturated rings. The largest absolute Gasteiger partial charge is 0.423 e. The molecule has 3 nitrogen and oxygen atoms in total. The van der Waals surface area contributed by atoms with Gasteiger partial charge in [0.2, 0.25) is 0 Å². The van der Waals surface area contributed by atoms with Crippen LogP contribution in [-0.4, -0.2) is 12.6 Å². The topological polar surface area (TPSA) is 35.5 Å². The third-order valence-corrected chi connectivity index (χ3v) is 5.90. The number of aryl methyl sites for hydroxylation is 1. The number of ether oxygens (including phenoxy) is 2. The molecule has 0 saturated carbocycles. The second kappa shape index (κ2) is 13.0. The number of rotatable bonds is 12. The summed E-state index contributed by atoms with van der Waals surface area (Å²) in [5.41, 5.74) is 5.16. The van der Waals surface area contributed by atoms with Gasteiger partial charge in [-0.05, 0) is 72.7 Å². The molecule has 174 valence electrons. The molecule has 0 aromatic heterocycles. The van der Waals surface area contributed by atoms with Crippen molar-refractivity contribution < 1.29 is 14.3 Å². The number of esters is 1. The molecule has 1 unspecified atom stereocenters. The zero-order valence-corrected chi connectivity index (χ0v) is 20.2. The molecule has 0 bridgehead atoms. The van der Waals surface area contributed by atoms with Crippen LogP contribution in [0.3, 0.4) is 0 Å². The van der Waals surface area contributed by atoms with Gasteiger partial charge in [-0.1, -0.05) is 81.6 Å². The van der Waals surface area contributed by atoms with Gasteiger partial charge in [0.15, 0.2) is 0 Å². The highest BCUT2D eigenvalue weighted by Gasteiger charge is 2.10. The summed E-state index contributed by atoms with van der Waals surface area (Å²) in [4.78, 5) is 12.5. The first-order valence-electron chi connectivity index (χ1n) is 12.2. The van der Waals surface area contributed by atoms with Crippen LogP contribution in [0, 0.1) is 0 Å². The van der Waals surface area contributed by atoms with E-state index in [4.69, 9.17) is 9.47 Å². The number of benzene rings is 3. The van der Waals surface area contributed by atoms with Crippen LogP contribution in [0.5, 0.6) is 5.75 Å². The molecule has 0 saturated heterocycles. The summed E-state index contributed by atoms with van der Waals surface area (Å²) in [7, 11) is 0. The minimum Gasteiger partial charge on any atom is -0.423 e. The second-order valence-electron chi connectivity index (χ2n) is 8.56. The first-order valence-corrected chi connectivity index (χ1v) is 12.2. The zero-order valence-electron chi connectivity index (χ0n) is 20.2. The average molecular weight is 445 g/mol. The highest BCUT2D eigenvalue weighted by atomic mass is 16.5. The lowest BCUT2D eigenvalue weighted by Gasteiger charge is -2.14. The van der Waals surface area contributed by atoms with E-state index in [2.05, 4.69) is 45.0 Å². The zero-order chi connectivity index (χ0) is 23.5. The SMILES string of the molecule is CCCCCOC(C)c1ccc(-c2ccc(C(=O)Oc3ccc(CCCC)cc3)cc2)cc1. The molecule has 0 aliphatic heterocycles. The summed E-state index contributed by atoms with van der Waals surface area (Å²) in [6.07, 6.45) is 7.00. The van der Waals surface area contributed by atoms with E-state index in [-0.39, 0.29) is 12.1 Å². The summed E-state index contributed by atoms with van der Waals surface area (Å²) in [6.45, 7) is 7.28. The molecule has 3 aromatic rings. The third-order valence-electron chi connectivity index (χ3n) is 5.90. The molecule has 0 amide bonds. The maximum atomic E-state index is 12.5. The molecule has 0 heterocycles. The number of hydrogen-bond acceptors (Lipinski definition) is 3.